The van der Waals surface area contributed by atoms with Crippen LogP contribution in [0.25, 0.3) is 0 Å². The van der Waals surface area contributed by atoms with E-state index in [1.807, 2.05) is 0 Å². The van der Waals surface area contributed by atoms with Crippen LogP contribution in [0.5, 0.6) is 0 Å². The fraction of sp³-hybridized carbons (Fsp3) is 0.875. The van der Waals surface area contributed by atoms with Crippen molar-refractivity contribution in [3.05, 3.63) is 0 Å². The third kappa shape index (κ3) is 2.86. The van der Waals surface area contributed by atoms with Gasteiger partial charge in [-0.15, -0.1) is 0 Å². The minimum atomic E-state index is 0.336. The summed E-state index contributed by atoms with van der Waals surface area (Å²) in [5.74, 6) is 0.715. The van der Waals surface area contributed by atoms with Crippen LogP contribution < -0.4 is 0 Å². The molecule has 3 heteroatoms. The van der Waals surface area contributed by atoms with Gasteiger partial charge in [0.2, 0.25) is 0 Å². The van der Waals surface area contributed by atoms with Gasteiger partial charge >= 0.3 is 0 Å². The SMILES string of the molecule is O=C(CBr)C1CCC(Br)CC1. The molecule has 0 unspecified atom stereocenters. The maximum absolute atomic E-state index is 11.2. The Labute approximate surface area is 84.2 Å². The summed E-state index contributed by atoms with van der Waals surface area (Å²) in [4.78, 5) is 11.9. The van der Waals surface area contributed by atoms with Gasteiger partial charge in [-0.05, 0) is 25.7 Å². The molecule has 11 heavy (non-hydrogen) atoms. The van der Waals surface area contributed by atoms with Gasteiger partial charge in [0.05, 0.1) is 5.33 Å². The Morgan fingerprint density at radius 3 is 2.27 bits per heavy atom. The summed E-state index contributed by atoms with van der Waals surface area (Å²) >= 11 is 6.77. The van der Waals surface area contributed by atoms with E-state index in [4.69, 9.17) is 0 Å². The smallest absolute Gasteiger partial charge is 0.146 e. The molecule has 64 valence electrons. The van der Waals surface area contributed by atoms with Crippen molar-refractivity contribution in [1.82, 2.24) is 0 Å². The quantitative estimate of drug-likeness (QED) is 0.712. The van der Waals surface area contributed by atoms with E-state index in [1.165, 1.54) is 0 Å². The highest BCUT2D eigenvalue weighted by molar-refractivity contribution is 9.09. The summed E-state index contributed by atoms with van der Waals surface area (Å²) < 4.78 is 0. The molecule has 0 bridgehead atoms. The monoisotopic (exact) mass is 282 g/mol. The van der Waals surface area contributed by atoms with Gasteiger partial charge in [-0.2, -0.15) is 0 Å². The molecule has 1 rings (SSSR count). The number of hydrogen-bond acceptors (Lipinski definition) is 1. The van der Waals surface area contributed by atoms with Gasteiger partial charge in [0.1, 0.15) is 5.78 Å². The van der Waals surface area contributed by atoms with Gasteiger partial charge < -0.3 is 0 Å². The standard InChI is InChI=1S/C8H12Br2O/c9-5-8(11)6-1-3-7(10)4-2-6/h6-7H,1-5H2. The predicted molar refractivity (Wildman–Crippen MR) is 53.5 cm³/mol. The molecule has 0 aromatic heterocycles. The molecule has 0 atom stereocenters. The number of rotatable bonds is 2. The Balaban J connectivity index is 2.33. The minimum absolute atomic E-state index is 0.336. The van der Waals surface area contributed by atoms with Gasteiger partial charge in [0, 0.05) is 10.7 Å². The van der Waals surface area contributed by atoms with E-state index in [9.17, 15) is 4.79 Å². The van der Waals surface area contributed by atoms with Gasteiger partial charge in [-0.3, -0.25) is 4.79 Å². The van der Waals surface area contributed by atoms with Gasteiger partial charge in [0.15, 0.2) is 0 Å². The van der Waals surface area contributed by atoms with Crippen LogP contribution in [0.1, 0.15) is 25.7 Å². The molecule has 0 aromatic rings. The zero-order valence-electron chi connectivity index (χ0n) is 6.35. The van der Waals surface area contributed by atoms with Gasteiger partial charge in [-0.1, -0.05) is 31.9 Å². The normalized spacial score (nSPS) is 31.8. The molecule has 1 aliphatic rings. The Morgan fingerprint density at radius 2 is 1.82 bits per heavy atom. The first-order chi connectivity index (χ1) is 5.24. The first kappa shape index (κ1) is 9.72. The van der Waals surface area contributed by atoms with E-state index < -0.39 is 0 Å². The second-order valence-electron chi connectivity index (χ2n) is 3.05. The Hall–Kier alpha value is 0.630. The summed E-state index contributed by atoms with van der Waals surface area (Å²) in [5.41, 5.74) is 0. The Kier molecular flexibility index (Phi) is 4.07. The summed E-state index contributed by atoms with van der Waals surface area (Å²) in [7, 11) is 0. The zero-order chi connectivity index (χ0) is 8.27. The minimum Gasteiger partial charge on any atom is -0.298 e. The summed E-state index contributed by atoms with van der Waals surface area (Å²) in [6.45, 7) is 0. The molecule has 1 saturated carbocycles. The van der Waals surface area contributed by atoms with E-state index in [-0.39, 0.29) is 0 Å². The lowest BCUT2D eigenvalue weighted by Gasteiger charge is -2.23. The van der Waals surface area contributed by atoms with Crippen molar-refractivity contribution in [2.45, 2.75) is 30.5 Å². The number of carbonyl (C=O) groups excluding carboxylic acids is 1. The van der Waals surface area contributed by atoms with Crippen molar-refractivity contribution in [2.24, 2.45) is 5.92 Å². The number of Topliss-reactive ketones (excluding diaryl/α,β-unsaturated/α-hetero) is 1. The summed E-state index contributed by atoms with van der Waals surface area (Å²) in [6, 6.07) is 0. The van der Waals surface area contributed by atoms with Crippen LogP contribution >= 0.6 is 31.9 Å². The molecule has 0 N–H and O–H groups in total. The predicted octanol–water partition coefficient (Wildman–Crippen LogP) is 2.90. The molecule has 0 spiro atoms. The zero-order valence-corrected chi connectivity index (χ0v) is 9.53. The van der Waals surface area contributed by atoms with Crippen molar-refractivity contribution >= 4 is 37.6 Å². The molecule has 1 fully saturated rings. The Morgan fingerprint density at radius 1 is 1.27 bits per heavy atom. The lowest BCUT2D eigenvalue weighted by molar-refractivity contribution is -0.121. The molecule has 1 nitrogen and oxygen atoms in total. The fourth-order valence-electron chi connectivity index (χ4n) is 1.48. The van der Waals surface area contributed by atoms with E-state index in [0.29, 0.717) is 21.9 Å². The second-order valence-corrected chi connectivity index (χ2v) is 4.90. The third-order valence-electron chi connectivity index (χ3n) is 2.24. The van der Waals surface area contributed by atoms with E-state index in [2.05, 4.69) is 31.9 Å². The van der Waals surface area contributed by atoms with Crippen LogP contribution in [0, 0.1) is 5.92 Å². The summed E-state index contributed by atoms with van der Waals surface area (Å²) in [6.07, 6.45) is 4.45. The first-order valence-electron chi connectivity index (χ1n) is 3.96. The average Bonchev–Trinajstić information content (AvgIpc) is 2.05. The molecule has 0 saturated heterocycles. The van der Waals surface area contributed by atoms with Crippen molar-refractivity contribution in [2.75, 3.05) is 5.33 Å². The largest absolute Gasteiger partial charge is 0.298 e. The number of carbonyl (C=O) groups is 1. The van der Waals surface area contributed by atoms with Crippen LogP contribution in [-0.4, -0.2) is 15.9 Å². The van der Waals surface area contributed by atoms with E-state index in [1.54, 1.807) is 0 Å². The molecule has 1 aliphatic carbocycles. The summed E-state index contributed by atoms with van der Waals surface area (Å²) in [5, 5.41) is 0.532. The molecular weight excluding hydrogens is 272 g/mol. The van der Waals surface area contributed by atoms with E-state index in [0.717, 1.165) is 25.7 Å². The number of alkyl halides is 2. The lowest BCUT2D eigenvalue weighted by Crippen LogP contribution is -2.22. The number of halogens is 2. The molecule has 0 aromatic carbocycles. The van der Waals surface area contributed by atoms with Crippen molar-refractivity contribution in [3.63, 3.8) is 0 Å². The van der Waals surface area contributed by atoms with E-state index >= 15 is 0 Å². The molecule has 0 heterocycles. The van der Waals surface area contributed by atoms with Gasteiger partial charge in [0.25, 0.3) is 0 Å². The maximum Gasteiger partial charge on any atom is 0.146 e. The van der Waals surface area contributed by atoms with Crippen LogP contribution in [0.2, 0.25) is 0 Å². The van der Waals surface area contributed by atoms with Crippen molar-refractivity contribution < 1.29 is 4.79 Å². The lowest BCUT2D eigenvalue weighted by atomic mass is 9.87. The molecule has 0 aliphatic heterocycles. The second kappa shape index (κ2) is 4.61. The molecule has 0 radical (unpaired) electrons. The number of hydrogen-bond donors (Lipinski definition) is 0. The fourth-order valence-corrected chi connectivity index (χ4v) is 2.47. The third-order valence-corrected chi connectivity index (χ3v) is 3.71. The highest BCUT2D eigenvalue weighted by Gasteiger charge is 2.23. The van der Waals surface area contributed by atoms with Crippen molar-refractivity contribution in [1.29, 1.82) is 0 Å². The van der Waals surface area contributed by atoms with Crippen molar-refractivity contribution in [3.8, 4) is 0 Å². The average molecular weight is 284 g/mol. The highest BCUT2D eigenvalue weighted by atomic mass is 79.9. The molecular formula is C8H12Br2O. The first-order valence-corrected chi connectivity index (χ1v) is 6.00. The maximum atomic E-state index is 11.2. The van der Waals surface area contributed by atoms with Crippen LogP contribution in [0.15, 0.2) is 0 Å². The number of ketones is 1. The van der Waals surface area contributed by atoms with Crippen LogP contribution in [0.3, 0.4) is 0 Å². The van der Waals surface area contributed by atoms with Crippen LogP contribution in [0.4, 0.5) is 0 Å². The Bertz CT molecular complexity index is 139. The van der Waals surface area contributed by atoms with Gasteiger partial charge in [-0.25, -0.2) is 0 Å². The highest BCUT2D eigenvalue weighted by Crippen LogP contribution is 2.29. The molecule has 0 amide bonds. The topological polar surface area (TPSA) is 17.1 Å². The van der Waals surface area contributed by atoms with Crippen LogP contribution in [-0.2, 0) is 4.79 Å².